The summed E-state index contributed by atoms with van der Waals surface area (Å²) < 4.78 is 18.7. The zero-order valence-corrected chi connectivity index (χ0v) is 18.1. The van der Waals surface area contributed by atoms with E-state index >= 15 is 0 Å². The third kappa shape index (κ3) is 6.64. The van der Waals surface area contributed by atoms with Crippen molar-refractivity contribution in [3.63, 3.8) is 0 Å². The molecule has 7 nitrogen and oxygen atoms in total. The fraction of sp³-hybridized carbons (Fsp3) is 0.174. The monoisotopic (exact) mass is 455 g/mol. The number of anilines is 1. The zero-order valence-electron chi connectivity index (χ0n) is 17.3. The van der Waals surface area contributed by atoms with Gasteiger partial charge < -0.3 is 20.7 Å². The fourth-order valence-corrected chi connectivity index (χ4v) is 3.34. The number of thiophene rings is 1. The van der Waals surface area contributed by atoms with E-state index < -0.39 is 17.8 Å². The van der Waals surface area contributed by atoms with E-state index in [1.54, 1.807) is 49.4 Å². The Balaban J connectivity index is 1.42. The molecule has 3 amide bonds. The number of amides is 3. The molecule has 1 atom stereocenters. The van der Waals surface area contributed by atoms with Crippen LogP contribution < -0.4 is 20.7 Å². The van der Waals surface area contributed by atoms with E-state index in [9.17, 15) is 18.8 Å². The van der Waals surface area contributed by atoms with Gasteiger partial charge in [-0.15, -0.1) is 11.3 Å². The van der Waals surface area contributed by atoms with E-state index in [0.717, 1.165) is 0 Å². The van der Waals surface area contributed by atoms with E-state index in [4.69, 9.17) is 4.74 Å². The van der Waals surface area contributed by atoms with Crippen LogP contribution in [-0.2, 0) is 4.79 Å². The van der Waals surface area contributed by atoms with Crippen LogP contribution in [0.15, 0.2) is 66.0 Å². The molecule has 0 saturated heterocycles. The van der Waals surface area contributed by atoms with Crippen LogP contribution in [-0.4, -0.2) is 36.9 Å². The summed E-state index contributed by atoms with van der Waals surface area (Å²) in [4.78, 5) is 37.0. The second-order valence-corrected chi connectivity index (χ2v) is 7.72. The molecule has 1 unspecified atom stereocenters. The van der Waals surface area contributed by atoms with Gasteiger partial charge in [0.15, 0.2) is 6.10 Å². The Morgan fingerprint density at radius 3 is 2.34 bits per heavy atom. The van der Waals surface area contributed by atoms with E-state index in [2.05, 4.69) is 16.0 Å². The summed E-state index contributed by atoms with van der Waals surface area (Å²) in [7, 11) is 0. The number of nitrogens with one attached hydrogen (secondary N) is 3. The minimum atomic E-state index is -0.843. The molecule has 0 bridgehead atoms. The SMILES string of the molecule is CC(Oc1cccc(F)c1)C(=O)Nc1ccc(C(=O)NCCNC(=O)c2cccs2)cc1. The van der Waals surface area contributed by atoms with Crippen LogP contribution in [0.3, 0.4) is 0 Å². The molecule has 0 spiro atoms. The van der Waals surface area contributed by atoms with Crippen LogP contribution in [0, 0.1) is 5.82 Å². The number of ether oxygens (including phenoxy) is 1. The minimum Gasteiger partial charge on any atom is -0.481 e. The van der Waals surface area contributed by atoms with Gasteiger partial charge in [0, 0.05) is 30.4 Å². The lowest BCUT2D eigenvalue weighted by Crippen LogP contribution is -2.34. The Kier molecular flexibility index (Phi) is 7.93. The predicted molar refractivity (Wildman–Crippen MR) is 121 cm³/mol. The van der Waals surface area contributed by atoms with Crippen LogP contribution in [0.4, 0.5) is 10.1 Å². The molecule has 1 heterocycles. The molecule has 0 saturated carbocycles. The average Bonchev–Trinajstić information content (AvgIpc) is 3.32. The third-order valence-corrected chi connectivity index (χ3v) is 5.20. The molecule has 9 heteroatoms. The van der Waals surface area contributed by atoms with Gasteiger partial charge in [-0.2, -0.15) is 0 Å². The molecule has 1 aromatic heterocycles. The highest BCUT2D eigenvalue weighted by Crippen LogP contribution is 2.15. The second-order valence-electron chi connectivity index (χ2n) is 6.77. The zero-order chi connectivity index (χ0) is 22.9. The molecule has 0 radical (unpaired) electrons. The Bertz CT molecular complexity index is 1070. The number of carbonyl (C=O) groups excluding carboxylic acids is 3. The molecular weight excluding hydrogens is 433 g/mol. The van der Waals surface area contributed by atoms with Crippen molar-refractivity contribution in [2.45, 2.75) is 13.0 Å². The first-order chi connectivity index (χ1) is 15.4. The molecule has 0 aliphatic carbocycles. The third-order valence-electron chi connectivity index (χ3n) is 4.33. The van der Waals surface area contributed by atoms with Crippen molar-refractivity contribution in [2.75, 3.05) is 18.4 Å². The summed E-state index contributed by atoms with van der Waals surface area (Å²) in [6.45, 7) is 2.14. The minimum absolute atomic E-state index is 0.176. The topological polar surface area (TPSA) is 96.5 Å². The number of halogens is 1. The first-order valence-electron chi connectivity index (χ1n) is 9.85. The molecule has 166 valence electrons. The van der Waals surface area contributed by atoms with Crippen molar-refractivity contribution >= 4 is 34.7 Å². The molecule has 3 N–H and O–H groups in total. The Hall–Kier alpha value is -3.72. The Morgan fingerprint density at radius 1 is 0.969 bits per heavy atom. The van der Waals surface area contributed by atoms with E-state index in [1.165, 1.54) is 29.5 Å². The van der Waals surface area contributed by atoms with Crippen LogP contribution >= 0.6 is 11.3 Å². The van der Waals surface area contributed by atoms with Gasteiger partial charge in [0.05, 0.1) is 4.88 Å². The summed E-state index contributed by atoms with van der Waals surface area (Å²) in [6, 6.07) is 15.4. The molecular formula is C23H22FN3O4S. The molecule has 0 aliphatic rings. The van der Waals surface area contributed by atoms with E-state index in [0.29, 0.717) is 22.7 Å². The lowest BCUT2D eigenvalue weighted by molar-refractivity contribution is -0.122. The normalized spacial score (nSPS) is 11.3. The van der Waals surface area contributed by atoms with Crippen molar-refractivity contribution in [3.8, 4) is 5.75 Å². The Labute approximate surface area is 188 Å². The molecule has 2 aromatic carbocycles. The van der Waals surface area contributed by atoms with Gasteiger partial charge in [-0.05, 0) is 54.8 Å². The van der Waals surface area contributed by atoms with Crippen molar-refractivity contribution in [2.24, 2.45) is 0 Å². The standard InChI is InChI=1S/C23H22FN3O4S/c1-15(31-19-5-2-4-17(24)14-19)21(28)27-18-9-7-16(8-10-18)22(29)25-11-12-26-23(30)20-6-3-13-32-20/h2-10,13-15H,11-12H2,1H3,(H,25,29)(H,26,30)(H,27,28). The van der Waals surface area contributed by atoms with Gasteiger partial charge in [-0.1, -0.05) is 12.1 Å². The second kappa shape index (κ2) is 11.1. The quantitative estimate of drug-likeness (QED) is 0.431. The van der Waals surface area contributed by atoms with Crippen molar-refractivity contribution in [1.82, 2.24) is 10.6 Å². The first kappa shape index (κ1) is 23.0. The van der Waals surface area contributed by atoms with Crippen LogP contribution in [0.1, 0.15) is 27.0 Å². The van der Waals surface area contributed by atoms with Gasteiger partial charge in [-0.25, -0.2) is 4.39 Å². The van der Waals surface area contributed by atoms with Gasteiger partial charge in [0.25, 0.3) is 17.7 Å². The van der Waals surface area contributed by atoms with E-state index in [-0.39, 0.29) is 24.1 Å². The maximum atomic E-state index is 13.2. The molecule has 3 aromatic rings. The van der Waals surface area contributed by atoms with Gasteiger partial charge >= 0.3 is 0 Å². The molecule has 32 heavy (non-hydrogen) atoms. The van der Waals surface area contributed by atoms with Gasteiger partial charge in [0.2, 0.25) is 0 Å². The highest BCUT2D eigenvalue weighted by Gasteiger charge is 2.15. The van der Waals surface area contributed by atoms with Crippen LogP contribution in [0.2, 0.25) is 0 Å². The number of hydrogen-bond acceptors (Lipinski definition) is 5. The summed E-state index contributed by atoms with van der Waals surface area (Å²) in [5.41, 5.74) is 0.904. The fourth-order valence-electron chi connectivity index (χ4n) is 2.70. The van der Waals surface area contributed by atoms with Gasteiger partial charge in [-0.3, -0.25) is 14.4 Å². The molecule has 3 rings (SSSR count). The summed E-state index contributed by atoms with van der Waals surface area (Å²) >= 11 is 1.35. The largest absolute Gasteiger partial charge is 0.481 e. The molecule has 0 fully saturated rings. The lowest BCUT2D eigenvalue weighted by Gasteiger charge is -2.15. The van der Waals surface area contributed by atoms with Gasteiger partial charge in [0.1, 0.15) is 11.6 Å². The summed E-state index contributed by atoms with van der Waals surface area (Å²) in [5, 5.41) is 9.96. The highest BCUT2D eigenvalue weighted by atomic mass is 32.1. The number of rotatable bonds is 9. The number of hydrogen-bond donors (Lipinski definition) is 3. The van der Waals surface area contributed by atoms with E-state index in [1.807, 2.05) is 5.38 Å². The summed E-state index contributed by atoms with van der Waals surface area (Å²) in [5.74, 6) is -1.07. The first-order valence-corrected chi connectivity index (χ1v) is 10.7. The average molecular weight is 456 g/mol. The predicted octanol–water partition coefficient (Wildman–Crippen LogP) is 3.45. The number of carbonyl (C=O) groups is 3. The smallest absolute Gasteiger partial charge is 0.265 e. The maximum Gasteiger partial charge on any atom is 0.265 e. The molecule has 0 aliphatic heterocycles. The maximum absolute atomic E-state index is 13.2. The van der Waals surface area contributed by atoms with Crippen LogP contribution in [0.5, 0.6) is 5.75 Å². The van der Waals surface area contributed by atoms with Crippen LogP contribution in [0.25, 0.3) is 0 Å². The lowest BCUT2D eigenvalue weighted by atomic mass is 10.2. The van der Waals surface area contributed by atoms with Crippen molar-refractivity contribution < 1.29 is 23.5 Å². The Morgan fingerprint density at radius 2 is 1.69 bits per heavy atom. The highest BCUT2D eigenvalue weighted by molar-refractivity contribution is 7.12. The van der Waals surface area contributed by atoms with Crippen molar-refractivity contribution in [3.05, 3.63) is 82.3 Å². The summed E-state index contributed by atoms with van der Waals surface area (Å²) in [6.07, 6.45) is -0.843. The van der Waals surface area contributed by atoms with Crippen molar-refractivity contribution in [1.29, 1.82) is 0 Å². The number of benzene rings is 2.